The third-order valence-corrected chi connectivity index (χ3v) is 4.71. The van der Waals surface area contributed by atoms with E-state index in [1.807, 2.05) is 35.2 Å². The Morgan fingerprint density at radius 3 is 2.44 bits per heavy atom. The minimum atomic E-state index is 0.00357. The van der Waals surface area contributed by atoms with Gasteiger partial charge in [-0.05, 0) is 12.1 Å². The molecule has 2 fully saturated rings. The van der Waals surface area contributed by atoms with Gasteiger partial charge in [-0.15, -0.1) is 0 Å². The number of nitrogens with one attached hydrogen (secondary N) is 1. The number of para-hydroxylation sites is 1. The van der Waals surface area contributed by atoms with Gasteiger partial charge in [0, 0.05) is 32.2 Å². The van der Waals surface area contributed by atoms with Crippen molar-refractivity contribution in [2.75, 3.05) is 62.8 Å². The number of carbonyl (C=O) groups is 1. The Hall–Kier alpha value is -2.71. The van der Waals surface area contributed by atoms with Gasteiger partial charge in [-0.25, -0.2) is 9.97 Å². The van der Waals surface area contributed by atoms with E-state index in [4.69, 9.17) is 9.47 Å². The molecule has 1 aromatic heterocycles. The highest BCUT2D eigenvalue weighted by atomic mass is 16.5. The summed E-state index contributed by atoms with van der Waals surface area (Å²) in [7, 11) is 0. The SMILES string of the molecule is O=C(c1ccccc1Nc1cc(N2CCOCC2)ncn1)N1CCOCC1. The van der Waals surface area contributed by atoms with Crippen molar-refractivity contribution in [3.8, 4) is 0 Å². The summed E-state index contributed by atoms with van der Waals surface area (Å²) in [5.41, 5.74) is 1.37. The maximum atomic E-state index is 12.9. The highest BCUT2D eigenvalue weighted by Crippen LogP contribution is 2.23. The van der Waals surface area contributed by atoms with Gasteiger partial charge in [0.15, 0.2) is 0 Å². The predicted octanol–water partition coefficient (Wildman–Crippen LogP) is 1.53. The Labute approximate surface area is 158 Å². The molecule has 0 spiro atoms. The van der Waals surface area contributed by atoms with E-state index in [0.29, 0.717) is 50.9 Å². The van der Waals surface area contributed by atoms with Crippen LogP contribution in [0.5, 0.6) is 0 Å². The molecule has 1 aromatic carbocycles. The number of amides is 1. The summed E-state index contributed by atoms with van der Waals surface area (Å²) in [6, 6.07) is 9.41. The van der Waals surface area contributed by atoms with Gasteiger partial charge in [0.2, 0.25) is 0 Å². The first kappa shape index (κ1) is 17.7. The molecule has 0 saturated carbocycles. The molecule has 1 amide bonds. The lowest BCUT2D eigenvalue weighted by atomic mass is 10.1. The van der Waals surface area contributed by atoms with Crippen molar-refractivity contribution in [1.29, 1.82) is 0 Å². The zero-order valence-corrected chi connectivity index (χ0v) is 15.1. The molecule has 27 heavy (non-hydrogen) atoms. The Morgan fingerprint density at radius 1 is 0.963 bits per heavy atom. The van der Waals surface area contributed by atoms with Crippen LogP contribution < -0.4 is 10.2 Å². The molecule has 2 aliphatic heterocycles. The quantitative estimate of drug-likeness (QED) is 0.875. The first-order valence-electron chi connectivity index (χ1n) is 9.19. The van der Waals surface area contributed by atoms with Crippen LogP contribution in [0, 0.1) is 0 Å². The van der Waals surface area contributed by atoms with Crippen molar-refractivity contribution in [2.24, 2.45) is 0 Å². The standard InChI is InChI=1S/C19H23N5O3/c25-19(24-7-11-27-12-8-24)15-3-1-2-4-16(15)22-17-13-18(21-14-20-17)23-5-9-26-10-6-23/h1-4,13-14H,5-12H2,(H,20,21,22). The second kappa shape index (κ2) is 8.32. The summed E-state index contributed by atoms with van der Waals surface area (Å²) in [6.07, 6.45) is 1.54. The molecule has 4 rings (SSSR count). The normalized spacial score (nSPS) is 17.6. The van der Waals surface area contributed by atoms with Crippen LogP contribution in [-0.4, -0.2) is 73.4 Å². The van der Waals surface area contributed by atoms with Crippen LogP contribution in [0.2, 0.25) is 0 Å². The second-order valence-electron chi connectivity index (χ2n) is 6.44. The Balaban J connectivity index is 1.53. The molecule has 1 N–H and O–H groups in total. The van der Waals surface area contributed by atoms with Gasteiger partial charge in [-0.2, -0.15) is 0 Å². The van der Waals surface area contributed by atoms with Gasteiger partial charge in [-0.3, -0.25) is 4.79 Å². The van der Waals surface area contributed by atoms with Gasteiger partial charge in [-0.1, -0.05) is 12.1 Å². The second-order valence-corrected chi connectivity index (χ2v) is 6.44. The summed E-state index contributed by atoms with van der Waals surface area (Å²) >= 11 is 0. The van der Waals surface area contributed by atoms with Gasteiger partial charge >= 0.3 is 0 Å². The van der Waals surface area contributed by atoms with Gasteiger partial charge in [0.05, 0.1) is 37.7 Å². The molecular weight excluding hydrogens is 346 g/mol. The van der Waals surface area contributed by atoms with E-state index < -0.39 is 0 Å². The van der Waals surface area contributed by atoms with Crippen molar-refractivity contribution in [1.82, 2.24) is 14.9 Å². The third kappa shape index (κ3) is 4.17. The van der Waals surface area contributed by atoms with E-state index >= 15 is 0 Å². The maximum Gasteiger partial charge on any atom is 0.256 e. The monoisotopic (exact) mass is 369 g/mol. The van der Waals surface area contributed by atoms with Crippen LogP contribution in [0.4, 0.5) is 17.3 Å². The number of nitrogens with zero attached hydrogens (tertiary/aromatic N) is 4. The molecule has 0 atom stereocenters. The summed E-state index contributed by atoms with van der Waals surface area (Å²) in [6.45, 7) is 5.40. The number of hydrogen-bond donors (Lipinski definition) is 1. The van der Waals surface area contributed by atoms with Crippen molar-refractivity contribution < 1.29 is 14.3 Å². The van der Waals surface area contributed by atoms with Crippen LogP contribution in [0.25, 0.3) is 0 Å². The van der Waals surface area contributed by atoms with Crippen molar-refractivity contribution in [2.45, 2.75) is 0 Å². The molecule has 3 heterocycles. The number of anilines is 3. The zero-order valence-electron chi connectivity index (χ0n) is 15.1. The minimum Gasteiger partial charge on any atom is -0.378 e. The summed E-state index contributed by atoms with van der Waals surface area (Å²) in [5, 5.41) is 3.28. The molecule has 8 heteroatoms. The van der Waals surface area contributed by atoms with Crippen molar-refractivity contribution in [3.05, 3.63) is 42.2 Å². The molecule has 0 unspecified atom stereocenters. The van der Waals surface area contributed by atoms with E-state index in [9.17, 15) is 4.79 Å². The van der Waals surface area contributed by atoms with E-state index in [1.54, 1.807) is 6.33 Å². The predicted molar refractivity (Wildman–Crippen MR) is 102 cm³/mol. The maximum absolute atomic E-state index is 12.9. The van der Waals surface area contributed by atoms with E-state index in [1.165, 1.54) is 0 Å². The average molecular weight is 369 g/mol. The number of carbonyl (C=O) groups excluding carboxylic acids is 1. The number of aromatic nitrogens is 2. The topological polar surface area (TPSA) is 79.8 Å². The number of benzene rings is 1. The zero-order chi connectivity index (χ0) is 18.5. The average Bonchev–Trinajstić information content (AvgIpc) is 2.75. The Morgan fingerprint density at radius 2 is 1.67 bits per heavy atom. The fraction of sp³-hybridized carbons (Fsp3) is 0.421. The Kier molecular flexibility index (Phi) is 5.45. The number of hydrogen-bond acceptors (Lipinski definition) is 7. The molecule has 0 aliphatic carbocycles. The highest BCUT2D eigenvalue weighted by Gasteiger charge is 2.21. The summed E-state index contributed by atoms with van der Waals surface area (Å²) < 4.78 is 10.7. The molecule has 0 bridgehead atoms. The number of rotatable bonds is 4. The van der Waals surface area contributed by atoms with Gasteiger partial charge in [0.1, 0.15) is 18.0 Å². The van der Waals surface area contributed by atoms with Crippen LogP contribution in [0.1, 0.15) is 10.4 Å². The number of morpholine rings is 2. The van der Waals surface area contributed by atoms with Crippen molar-refractivity contribution in [3.63, 3.8) is 0 Å². The lowest BCUT2D eigenvalue weighted by Crippen LogP contribution is -2.40. The fourth-order valence-corrected chi connectivity index (χ4v) is 3.23. The minimum absolute atomic E-state index is 0.00357. The van der Waals surface area contributed by atoms with Crippen LogP contribution in [0.3, 0.4) is 0 Å². The summed E-state index contributed by atoms with van der Waals surface area (Å²) in [5.74, 6) is 1.52. The smallest absolute Gasteiger partial charge is 0.256 e. The Bertz CT molecular complexity index is 788. The molecule has 2 aliphatic rings. The first-order valence-corrected chi connectivity index (χ1v) is 9.19. The van der Waals surface area contributed by atoms with Crippen LogP contribution in [-0.2, 0) is 9.47 Å². The lowest BCUT2D eigenvalue weighted by Gasteiger charge is -2.28. The highest BCUT2D eigenvalue weighted by molar-refractivity contribution is 6.00. The number of ether oxygens (including phenoxy) is 2. The molecule has 0 radical (unpaired) electrons. The van der Waals surface area contributed by atoms with Gasteiger partial charge in [0.25, 0.3) is 5.91 Å². The molecule has 8 nitrogen and oxygen atoms in total. The molecule has 2 saturated heterocycles. The van der Waals surface area contributed by atoms with Crippen molar-refractivity contribution >= 4 is 23.2 Å². The lowest BCUT2D eigenvalue weighted by molar-refractivity contribution is 0.0303. The third-order valence-electron chi connectivity index (χ3n) is 4.71. The fourth-order valence-electron chi connectivity index (χ4n) is 3.23. The largest absolute Gasteiger partial charge is 0.378 e. The van der Waals surface area contributed by atoms with Gasteiger partial charge < -0.3 is 24.6 Å². The van der Waals surface area contributed by atoms with E-state index in [2.05, 4.69) is 20.2 Å². The van der Waals surface area contributed by atoms with E-state index in [-0.39, 0.29) is 5.91 Å². The van der Waals surface area contributed by atoms with Crippen LogP contribution >= 0.6 is 0 Å². The van der Waals surface area contributed by atoms with E-state index in [0.717, 1.165) is 24.6 Å². The molecular formula is C19H23N5O3. The van der Waals surface area contributed by atoms with Crippen LogP contribution in [0.15, 0.2) is 36.7 Å². The molecule has 2 aromatic rings. The first-order chi connectivity index (χ1) is 13.3. The molecule has 142 valence electrons. The summed E-state index contributed by atoms with van der Waals surface area (Å²) in [4.78, 5) is 25.6.